The molecule has 5 heteroatoms. The van der Waals surface area contributed by atoms with Crippen LogP contribution in [0.3, 0.4) is 0 Å². The highest BCUT2D eigenvalue weighted by molar-refractivity contribution is 5.67. The third kappa shape index (κ3) is 5.79. The van der Waals surface area contributed by atoms with E-state index in [4.69, 9.17) is 9.15 Å². The molecule has 5 nitrogen and oxygen atoms in total. The number of carbonyl (C=O) groups is 1. The molecule has 1 aliphatic heterocycles. The fraction of sp³-hybridized carbons (Fsp3) is 0.688. The Kier molecular flexibility index (Phi) is 5.28. The monoisotopic (exact) mass is 294 g/mol. The maximum Gasteiger partial charge on any atom is 0.407 e. The van der Waals surface area contributed by atoms with Gasteiger partial charge in [-0.2, -0.15) is 0 Å². The van der Waals surface area contributed by atoms with Gasteiger partial charge < -0.3 is 14.5 Å². The molecule has 2 heterocycles. The molecular weight excluding hydrogens is 268 g/mol. The molecule has 0 radical (unpaired) electrons. The maximum atomic E-state index is 11.6. The van der Waals surface area contributed by atoms with Crippen molar-refractivity contribution in [1.29, 1.82) is 0 Å². The number of ether oxygens (including phenoxy) is 1. The van der Waals surface area contributed by atoms with E-state index in [2.05, 4.69) is 10.2 Å². The van der Waals surface area contributed by atoms with Crippen molar-refractivity contribution >= 4 is 6.09 Å². The van der Waals surface area contributed by atoms with Gasteiger partial charge in [-0.25, -0.2) is 4.79 Å². The first-order chi connectivity index (χ1) is 9.92. The van der Waals surface area contributed by atoms with E-state index in [1.54, 1.807) is 6.26 Å². The van der Waals surface area contributed by atoms with Crippen molar-refractivity contribution in [2.45, 2.75) is 45.8 Å². The zero-order chi connectivity index (χ0) is 15.3. The van der Waals surface area contributed by atoms with Crippen molar-refractivity contribution < 1.29 is 13.9 Å². The van der Waals surface area contributed by atoms with Crippen LogP contribution in [-0.2, 0) is 11.3 Å². The van der Waals surface area contributed by atoms with Gasteiger partial charge in [-0.1, -0.05) is 0 Å². The number of nitrogens with zero attached hydrogens (tertiary/aromatic N) is 1. The second-order valence-electron chi connectivity index (χ2n) is 6.68. The number of hydrogen-bond acceptors (Lipinski definition) is 4. The van der Waals surface area contributed by atoms with Crippen LogP contribution < -0.4 is 5.32 Å². The number of alkyl carbamates (subject to hydrolysis) is 1. The maximum absolute atomic E-state index is 11.6. The lowest BCUT2D eigenvalue weighted by Crippen LogP contribution is -2.40. The highest BCUT2D eigenvalue weighted by Crippen LogP contribution is 2.18. The summed E-state index contributed by atoms with van der Waals surface area (Å²) < 4.78 is 10.6. The standard InChI is InChI=1S/C16H26N2O3/c1-16(2,3)21-15(19)17-11-13-6-8-18(9-7-13)12-14-5-4-10-20-14/h4-5,10,13H,6-9,11-12H2,1-3H3,(H,17,19). The molecular formula is C16H26N2O3. The molecule has 0 aliphatic carbocycles. The van der Waals surface area contributed by atoms with Crippen LogP contribution in [0.5, 0.6) is 0 Å². The summed E-state index contributed by atoms with van der Waals surface area (Å²) in [5.41, 5.74) is -0.434. The highest BCUT2D eigenvalue weighted by Gasteiger charge is 2.21. The van der Waals surface area contributed by atoms with Crippen LogP contribution in [0.15, 0.2) is 22.8 Å². The molecule has 1 N–H and O–H groups in total. The molecule has 1 aliphatic rings. The molecule has 21 heavy (non-hydrogen) atoms. The number of piperidine rings is 1. The van der Waals surface area contributed by atoms with Gasteiger partial charge in [0.25, 0.3) is 0 Å². The minimum atomic E-state index is -0.434. The van der Waals surface area contributed by atoms with E-state index in [-0.39, 0.29) is 6.09 Å². The van der Waals surface area contributed by atoms with E-state index >= 15 is 0 Å². The Labute approximate surface area is 126 Å². The molecule has 1 aromatic rings. The average Bonchev–Trinajstić information content (AvgIpc) is 2.89. The summed E-state index contributed by atoms with van der Waals surface area (Å²) in [5.74, 6) is 1.55. The predicted octanol–water partition coefficient (Wildman–Crippen LogP) is 3.02. The van der Waals surface area contributed by atoms with Crippen LogP contribution in [0.1, 0.15) is 39.4 Å². The summed E-state index contributed by atoms with van der Waals surface area (Å²) >= 11 is 0. The minimum absolute atomic E-state index is 0.319. The highest BCUT2D eigenvalue weighted by atomic mass is 16.6. The van der Waals surface area contributed by atoms with Crippen LogP contribution in [0, 0.1) is 5.92 Å². The molecule has 2 rings (SSSR count). The first-order valence-electron chi connectivity index (χ1n) is 7.64. The molecule has 1 amide bonds. The van der Waals surface area contributed by atoms with Gasteiger partial charge in [0.15, 0.2) is 0 Å². The smallest absolute Gasteiger partial charge is 0.407 e. The first-order valence-corrected chi connectivity index (χ1v) is 7.64. The Morgan fingerprint density at radius 3 is 2.71 bits per heavy atom. The quantitative estimate of drug-likeness (QED) is 0.927. The van der Waals surface area contributed by atoms with Gasteiger partial charge in [-0.3, -0.25) is 4.90 Å². The van der Waals surface area contributed by atoms with Crippen molar-refractivity contribution in [3.05, 3.63) is 24.2 Å². The molecule has 118 valence electrons. The summed E-state index contributed by atoms with van der Waals surface area (Å²) in [6.45, 7) is 9.28. The topological polar surface area (TPSA) is 54.7 Å². The van der Waals surface area contributed by atoms with Crippen molar-refractivity contribution in [3.8, 4) is 0 Å². The Balaban J connectivity index is 1.64. The molecule has 1 fully saturated rings. The van der Waals surface area contributed by atoms with Crippen molar-refractivity contribution in [3.63, 3.8) is 0 Å². The molecule has 0 spiro atoms. The van der Waals surface area contributed by atoms with Crippen LogP contribution in [0.4, 0.5) is 4.79 Å². The molecule has 0 aromatic carbocycles. The molecule has 0 bridgehead atoms. The Bertz CT molecular complexity index is 429. The number of furan rings is 1. The van der Waals surface area contributed by atoms with E-state index in [0.717, 1.165) is 38.2 Å². The van der Waals surface area contributed by atoms with Crippen LogP contribution >= 0.6 is 0 Å². The number of rotatable bonds is 4. The number of hydrogen-bond donors (Lipinski definition) is 1. The minimum Gasteiger partial charge on any atom is -0.468 e. The second-order valence-corrected chi connectivity index (χ2v) is 6.68. The number of carbonyl (C=O) groups excluding carboxylic acids is 1. The molecule has 1 saturated heterocycles. The van der Waals surface area contributed by atoms with Crippen LogP contribution in [0.25, 0.3) is 0 Å². The van der Waals surface area contributed by atoms with Gasteiger partial charge in [0, 0.05) is 6.54 Å². The molecule has 0 saturated carbocycles. The van der Waals surface area contributed by atoms with Gasteiger partial charge in [0.05, 0.1) is 12.8 Å². The fourth-order valence-corrected chi connectivity index (χ4v) is 2.51. The van der Waals surface area contributed by atoms with E-state index in [1.807, 2.05) is 32.9 Å². The largest absolute Gasteiger partial charge is 0.468 e. The summed E-state index contributed by atoms with van der Waals surface area (Å²) in [5, 5.41) is 2.87. The Hall–Kier alpha value is -1.49. The lowest BCUT2D eigenvalue weighted by atomic mass is 9.97. The Morgan fingerprint density at radius 1 is 1.43 bits per heavy atom. The summed E-state index contributed by atoms with van der Waals surface area (Å²) in [6, 6.07) is 3.93. The third-order valence-corrected chi connectivity index (χ3v) is 3.60. The number of nitrogens with one attached hydrogen (secondary N) is 1. The lowest BCUT2D eigenvalue weighted by Gasteiger charge is -2.31. The predicted molar refractivity (Wildman–Crippen MR) is 80.9 cm³/mol. The van der Waals surface area contributed by atoms with Crippen molar-refractivity contribution in [1.82, 2.24) is 10.2 Å². The van der Waals surface area contributed by atoms with E-state index in [9.17, 15) is 4.79 Å². The summed E-state index contributed by atoms with van der Waals surface area (Å²) in [6.07, 6.45) is 3.58. The van der Waals surface area contributed by atoms with E-state index < -0.39 is 5.60 Å². The first kappa shape index (κ1) is 15.9. The summed E-state index contributed by atoms with van der Waals surface area (Å²) in [4.78, 5) is 14.0. The van der Waals surface area contributed by atoms with Gasteiger partial charge in [0.2, 0.25) is 0 Å². The Morgan fingerprint density at radius 2 is 2.14 bits per heavy atom. The van der Waals surface area contributed by atoms with Crippen molar-refractivity contribution in [2.75, 3.05) is 19.6 Å². The number of likely N-dealkylation sites (tertiary alicyclic amines) is 1. The van der Waals surface area contributed by atoms with Crippen LogP contribution in [0.2, 0.25) is 0 Å². The fourth-order valence-electron chi connectivity index (χ4n) is 2.51. The third-order valence-electron chi connectivity index (χ3n) is 3.60. The second kappa shape index (κ2) is 6.98. The summed E-state index contributed by atoms with van der Waals surface area (Å²) in [7, 11) is 0. The SMILES string of the molecule is CC(C)(C)OC(=O)NCC1CCN(Cc2ccco2)CC1. The zero-order valence-corrected chi connectivity index (χ0v) is 13.2. The van der Waals surface area contributed by atoms with Crippen LogP contribution in [-0.4, -0.2) is 36.2 Å². The van der Waals surface area contributed by atoms with Gasteiger partial charge in [-0.15, -0.1) is 0 Å². The zero-order valence-electron chi connectivity index (χ0n) is 13.2. The van der Waals surface area contributed by atoms with Gasteiger partial charge in [-0.05, 0) is 64.8 Å². The van der Waals surface area contributed by atoms with Gasteiger partial charge in [0.1, 0.15) is 11.4 Å². The van der Waals surface area contributed by atoms with Gasteiger partial charge >= 0.3 is 6.09 Å². The number of amides is 1. The molecule has 0 unspecified atom stereocenters. The van der Waals surface area contributed by atoms with E-state index in [1.165, 1.54) is 0 Å². The lowest BCUT2D eigenvalue weighted by molar-refractivity contribution is 0.0509. The average molecular weight is 294 g/mol. The van der Waals surface area contributed by atoms with E-state index in [0.29, 0.717) is 12.5 Å². The molecule has 1 aromatic heterocycles. The molecule has 0 atom stereocenters. The normalized spacial score (nSPS) is 17.7. The van der Waals surface area contributed by atoms with Crippen molar-refractivity contribution in [2.24, 2.45) is 5.92 Å².